The highest BCUT2D eigenvalue weighted by molar-refractivity contribution is 7.97. The first-order valence-corrected chi connectivity index (χ1v) is 8.27. The van der Waals surface area contributed by atoms with Crippen LogP contribution in [0.15, 0.2) is 41.3 Å². The number of benzene rings is 2. The minimum Gasteiger partial charge on any atom is -0.468 e. The average Bonchev–Trinajstić information content (AvgIpc) is 2.98. The van der Waals surface area contributed by atoms with Gasteiger partial charge in [-0.1, -0.05) is 12.1 Å². The zero-order valence-electron chi connectivity index (χ0n) is 11.2. The molecule has 0 atom stereocenters. The van der Waals surface area contributed by atoms with Gasteiger partial charge < -0.3 is 9.47 Å². The SMILES string of the molecule is COCOc1ccc2c([S+]3CCCC3)cccc2c1. The summed E-state index contributed by atoms with van der Waals surface area (Å²) < 4.78 is 10.5. The molecular weight excluding hydrogens is 256 g/mol. The molecule has 0 aromatic heterocycles. The van der Waals surface area contributed by atoms with E-state index in [1.165, 1.54) is 40.0 Å². The summed E-state index contributed by atoms with van der Waals surface area (Å²) in [5.41, 5.74) is 0. The van der Waals surface area contributed by atoms with Gasteiger partial charge in [0.1, 0.15) is 17.3 Å². The first-order chi connectivity index (χ1) is 9.38. The minimum absolute atomic E-state index is 0.301. The minimum atomic E-state index is 0.301. The summed E-state index contributed by atoms with van der Waals surface area (Å²) in [5, 5.41) is 2.66. The van der Waals surface area contributed by atoms with Gasteiger partial charge in [0, 0.05) is 23.4 Å². The Balaban J connectivity index is 1.96. The van der Waals surface area contributed by atoms with Crippen LogP contribution in [0, 0.1) is 0 Å². The summed E-state index contributed by atoms with van der Waals surface area (Å²) in [5.74, 6) is 3.60. The van der Waals surface area contributed by atoms with Crippen LogP contribution >= 0.6 is 0 Å². The molecule has 3 rings (SSSR count). The molecule has 0 bridgehead atoms. The maximum Gasteiger partial charge on any atom is 0.188 e. The van der Waals surface area contributed by atoms with Gasteiger partial charge in [-0.25, -0.2) is 0 Å². The predicted octanol–water partition coefficient (Wildman–Crippen LogP) is 3.59. The monoisotopic (exact) mass is 275 g/mol. The summed E-state index contributed by atoms with van der Waals surface area (Å²) in [6, 6.07) is 13.0. The van der Waals surface area contributed by atoms with Crippen molar-refractivity contribution >= 4 is 21.7 Å². The van der Waals surface area contributed by atoms with Crippen molar-refractivity contribution in [1.82, 2.24) is 0 Å². The van der Waals surface area contributed by atoms with E-state index in [2.05, 4.69) is 30.3 Å². The number of fused-ring (bicyclic) bond motifs is 1. The standard InChI is InChI=1S/C16H19O2S/c1-17-12-18-14-7-8-15-13(11-14)5-4-6-16(15)19-9-2-3-10-19/h4-8,11H,2-3,9-10,12H2,1H3/q+1. The lowest BCUT2D eigenvalue weighted by Crippen LogP contribution is -2.04. The lowest BCUT2D eigenvalue weighted by Gasteiger charge is -2.08. The van der Waals surface area contributed by atoms with E-state index in [1.54, 1.807) is 7.11 Å². The Morgan fingerprint density at radius 1 is 1.11 bits per heavy atom. The highest BCUT2D eigenvalue weighted by Crippen LogP contribution is 2.31. The van der Waals surface area contributed by atoms with Crippen molar-refractivity contribution in [2.24, 2.45) is 0 Å². The fourth-order valence-corrected chi connectivity index (χ4v) is 5.09. The van der Waals surface area contributed by atoms with Gasteiger partial charge in [-0.2, -0.15) is 0 Å². The number of hydrogen-bond acceptors (Lipinski definition) is 2. The first-order valence-electron chi connectivity index (χ1n) is 6.70. The molecule has 2 aromatic rings. The Morgan fingerprint density at radius 3 is 2.74 bits per heavy atom. The lowest BCUT2D eigenvalue weighted by atomic mass is 10.1. The van der Waals surface area contributed by atoms with E-state index in [1.807, 2.05) is 6.07 Å². The molecule has 0 spiro atoms. The highest BCUT2D eigenvalue weighted by Gasteiger charge is 2.28. The van der Waals surface area contributed by atoms with Crippen LogP contribution in [-0.2, 0) is 15.6 Å². The van der Waals surface area contributed by atoms with E-state index in [4.69, 9.17) is 9.47 Å². The van der Waals surface area contributed by atoms with E-state index >= 15 is 0 Å². The summed E-state index contributed by atoms with van der Waals surface area (Å²) >= 11 is 0. The Labute approximate surface area is 117 Å². The van der Waals surface area contributed by atoms with Crippen LogP contribution in [0.2, 0.25) is 0 Å². The van der Waals surface area contributed by atoms with Gasteiger partial charge in [-0.3, -0.25) is 0 Å². The molecule has 0 amide bonds. The second-order valence-corrected chi connectivity index (χ2v) is 7.04. The van der Waals surface area contributed by atoms with E-state index in [-0.39, 0.29) is 0 Å². The van der Waals surface area contributed by atoms with Crippen molar-refractivity contribution in [2.75, 3.05) is 25.4 Å². The average molecular weight is 275 g/mol. The molecule has 2 nitrogen and oxygen atoms in total. The van der Waals surface area contributed by atoms with Gasteiger partial charge in [-0.05, 0) is 42.5 Å². The van der Waals surface area contributed by atoms with E-state index < -0.39 is 0 Å². The predicted molar refractivity (Wildman–Crippen MR) is 81.1 cm³/mol. The summed E-state index contributed by atoms with van der Waals surface area (Å²) in [7, 11) is 2.10. The normalized spacial score (nSPS) is 16.1. The Kier molecular flexibility index (Phi) is 3.95. The maximum atomic E-state index is 5.51. The molecule has 1 heterocycles. The van der Waals surface area contributed by atoms with Crippen LogP contribution in [-0.4, -0.2) is 25.4 Å². The summed E-state index contributed by atoms with van der Waals surface area (Å²) in [6.45, 7) is 0.301. The van der Waals surface area contributed by atoms with E-state index in [9.17, 15) is 0 Å². The maximum absolute atomic E-state index is 5.51. The third-order valence-corrected chi connectivity index (χ3v) is 6.04. The molecule has 0 unspecified atom stereocenters. The third kappa shape index (κ3) is 2.72. The van der Waals surface area contributed by atoms with Crippen molar-refractivity contribution in [1.29, 1.82) is 0 Å². The van der Waals surface area contributed by atoms with Crippen LogP contribution in [0.25, 0.3) is 10.8 Å². The molecule has 1 saturated heterocycles. The topological polar surface area (TPSA) is 18.5 Å². The Bertz CT molecular complexity index is 562. The highest BCUT2D eigenvalue weighted by atomic mass is 32.2. The van der Waals surface area contributed by atoms with Gasteiger partial charge in [0.25, 0.3) is 0 Å². The van der Waals surface area contributed by atoms with E-state index in [0.29, 0.717) is 17.7 Å². The quantitative estimate of drug-likeness (QED) is 0.627. The molecule has 2 aromatic carbocycles. The van der Waals surface area contributed by atoms with Crippen LogP contribution in [0.4, 0.5) is 0 Å². The first kappa shape index (κ1) is 12.8. The Morgan fingerprint density at radius 2 is 1.95 bits per heavy atom. The van der Waals surface area contributed by atoms with Crippen molar-refractivity contribution in [3.8, 4) is 5.75 Å². The number of methoxy groups -OCH3 is 1. The van der Waals surface area contributed by atoms with Crippen molar-refractivity contribution in [2.45, 2.75) is 17.7 Å². The molecule has 0 radical (unpaired) electrons. The molecule has 0 aliphatic carbocycles. The summed E-state index contributed by atoms with van der Waals surface area (Å²) in [6.07, 6.45) is 2.77. The molecule has 3 heteroatoms. The molecule has 100 valence electrons. The largest absolute Gasteiger partial charge is 0.468 e. The Hall–Kier alpha value is -1.19. The molecule has 1 aliphatic heterocycles. The molecule has 1 fully saturated rings. The van der Waals surface area contributed by atoms with Crippen LogP contribution in [0.3, 0.4) is 0 Å². The third-order valence-electron chi connectivity index (χ3n) is 3.50. The van der Waals surface area contributed by atoms with Crippen molar-refractivity contribution in [3.63, 3.8) is 0 Å². The molecule has 0 N–H and O–H groups in total. The van der Waals surface area contributed by atoms with Crippen molar-refractivity contribution < 1.29 is 9.47 Å². The van der Waals surface area contributed by atoms with Gasteiger partial charge in [0.2, 0.25) is 0 Å². The molecule has 1 aliphatic rings. The second-order valence-electron chi connectivity index (χ2n) is 4.80. The van der Waals surface area contributed by atoms with Crippen LogP contribution < -0.4 is 4.74 Å². The van der Waals surface area contributed by atoms with Gasteiger partial charge in [0.15, 0.2) is 11.7 Å². The lowest BCUT2D eigenvalue weighted by molar-refractivity contribution is 0.0512. The van der Waals surface area contributed by atoms with E-state index in [0.717, 1.165) is 5.75 Å². The number of ether oxygens (including phenoxy) is 2. The number of rotatable bonds is 4. The fraction of sp³-hybridized carbons (Fsp3) is 0.375. The second kappa shape index (κ2) is 5.85. The van der Waals surface area contributed by atoms with Gasteiger partial charge in [0.05, 0.1) is 0 Å². The van der Waals surface area contributed by atoms with Crippen LogP contribution in [0.5, 0.6) is 5.75 Å². The molecule has 0 saturated carbocycles. The zero-order valence-corrected chi connectivity index (χ0v) is 12.0. The van der Waals surface area contributed by atoms with Gasteiger partial charge >= 0.3 is 0 Å². The van der Waals surface area contributed by atoms with Crippen LogP contribution in [0.1, 0.15) is 12.8 Å². The zero-order chi connectivity index (χ0) is 13.1. The molecular formula is C16H19O2S+. The number of hydrogen-bond donors (Lipinski definition) is 0. The fourth-order valence-electron chi connectivity index (χ4n) is 2.58. The van der Waals surface area contributed by atoms with Crippen molar-refractivity contribution in [3.05, 3.63) is 36.4 Å². The smallest absolute Gasteiger partial charge is 0.188 e. The summed E-state index contributed by atoms with van der Waals surface area (Å²) in [4.78, 5) is 1.54. The van der Waals surface area contributed by atoms with Gasteiger partial charge in [-0.15, -0.1) is 0 Å². The molecule has 19 heavy (non-hydrogen) atoms.